The van der Waals surface area contributed by atoms with E-state index in [1.165, 1.54) is 21.1 Å². The van der Waals surface area contributed by atoms with E-state index in [4.69, 9.17) is 17.1 Å². The lowest BCUT2D eigenvalue weighted by Crippen LogP contribution is -2.42. The third kappa shape index (κ3) is 5.21. The van der Waals surface area contributed by atoms with Crippen LogP contribution in [0.25, 0.3) is 0 Å². The molecule has 160 valence electrons. The average Bonchev–Trinajstić information content (AvgIpc) is 2.77. The number of hydroxylamine groups is 1. The largest absolute Gasteiger partial charge is 0.336 e. The molecule has 3 rings (SSSR count). The number of sulfonamides is 1. The van der Waals surface area contributed by atoms with Gasteiger partial charge in [0.15, 0.2) is 4.32 Å². The molecule has 1 aliphatic heterocycles. The summed E-state index contributed by atoms with van der Waals surface area (Å²) >= 11 is 6.64. The second-order valence-electron chi connectivity index (χ2n) is 7.00. The van der Waals surface area contributed by atoms with Gasteiger partial charge in [0.05, 0.1) is 16.5 Å². The van der Waals surface area contributed by atoms with Gasteiger partial charge in [-0.25, -0.2) is 13.2 Å². The molecule has 0 N–H and O–H groups in total. The Hall–Kier alpha value is -1.94. The monoisotopic (exact) mass is 464 g/mol. The van der Waals surface area contributed by atoms with E-state index in [0.717, 1.165) is 5.56 Å². The van der Waals surface area contributed by atoms with Crippen molar-refractivity contribution >= 4 is 50.0 Å². The highest BCUT2D eigenvalue weighted by atomic mass is 32.2. The molecular formula is C21H24N2O4S3. The molecule has 1 saturated heterocycles. The summed E-state index contributed by atoms with van der Waals surface area (Å²) in [5.41, 5.74) is 1.67. The van der Waals surface area contributed by atoms with Gasteiger partial charge in [-0.05, 0) is 62.5 Å². The molecule has 0 aliphatic carbocycles. The first kappa shape index (κ1) is 22.7. The summed E-state index contributed by atoms with van der Waals surface area (Å²) in [7, 11) is -3.56. The van der Waals surface area contributed by atoms with Gasteiger partial charge in [-0.2, -0.15) is 9.37 Å². The molecule has 0 saturated carbocycles. The second-order valence-corrected chi connectivity index (χ2v) is 10.4. The van der Waals surface area contributed by atoms with E-state index in [9.17, 15) is 13.2 Å². The molecule has 9 heteroatoms. The number of thiocarbonyl (C=S) groups is 1. The first-order chi connectivity index (χ1) is 14.3. The number of para-hydroxylation sites is 1. The molecule has 1 aliphatic rings. The Bertz CT molecular complexity index is 987. The van der Waals surface area contributed by atoms with Crippen molar-refractivity contribution in [3.05, 3.63) is 60.2 Å². The first-order valence-corrected chi connectivity index (χ1v) is 12.6. The van der Waals surface area contributed by atoms with Crippen LogP contribution < -0.4 is 5.06 Å². The molecule has 0 amide bonds. The molecule has 0 bridgehead atoms. The summed E-state index contributed by atoms with van der Waals surface area (Å²) in [6.45, 7) is 2.46. The lowest BCUT2D eigenvalue weighted by atomic mass is 9.99. The van der Waals surface area contributed by atoms with Crippen molar-refractivity contribution < 1.29 is 18.0 Å². The maximum Gasteiger partial charge on any atom is 0.336 e. The zero-order chi connectivity index (χ0) is 21.7. The Kier molecular flexibility index (Phi) is 7.51. The lowest BCUT2D eigenvalue weighted by molar-refractivity contribution is -0.149. The van der Waals surface area contributed by atoms with Crippen LogP contribution in [-0.2, 0) is 19.7 Å². The highest BCUT2D eigenvalue weighted by Crippen LogP contribution is 2.27. The highest BCUT2D eigenvalue weighted by Gasteiger charge is 2.34. The van der Waals surface area contributed by atoms with Gasteiger partial charge in [0.25, 0.3) is 0 Å². The number of anilines is 1. The number of hydrogen-bond donors (Lipinski definition) is 0. The van der Waals surface area contributed by atoms with Crippen molar-refractivity contribution in [3.63, 3.8) is 0 Å². The first-order valence-electron chi connectivity index (χ1n) is 9.54. The van der Waals surface area contributed by atoms with Crippen molar-refractivity contribution in [1.82, 2.24) is 4.31 Å². The molecule has 0 radical (unpaired) electrons. The minimum absolute atomic E-state index is 0.272. The Morgan fingerprint density at radius 1 is 1.10 bits per heavy atom. The number of aryl methyl sites for hydroxylation is 1. The molecule has 2 aromatic carbocycles. The van der Waals surface area contributed by atoms with Gasteiger partial charge >= 0.3 is 5.97 Å². The van der Waals surface area contributed by atoms with Crippen molar-refractivity contribution in [2.45, 2.75) is 24.7 Å². The molecule has 0 atom stereocenters. The van der Waals surface area contributed by atoms with Crippen LogP contribution in [0.3, 0.4) is 0 Å². The predicted octanol–water partition coefficient (Wildman–Crippen LogP) is 4.01. The van der Waals surface area contributed by atoms with Crippen molar-refractivity contribution in [1.29, 1.82) is 0 Å². The Labute approximate surface area is 187 Å². The number of carbonyl (C=O) groups is 1. The number of benzene rings is 2. The van der Waals surface area contributed by atoms with Crippen LogP contribution >= 0.6 is 24.0 Å². The molecule has 2 aromatic rings. The van der Waals surface area contributed by atoms with E-state index in [0.29, 0.717) is 22.8 Å². The fourth-order valence-corrected chi connectivity index (χ4v) is 5.12. The van der Waals surface area contributed by atoms with Crippen molar-refractivity contribution in [3.8, 4) is 0 Å². The van der Waals surface area contributed by atoms with Gasteiger partial charge in [-0.3, -0.25) is 0 Å². The lowest BCUT2D eigenvalue weighted by Gasteiger charge is -2.31. The van der Waals surface area contributed by atoms with E-state index in [1.54, 1.807) is 24.3 Å². The van der Waals surface area contributed by atoms with Crippen molar-refractivity contribution in [2.75, 3.05) is 24.4 Å². The summed E-state index contributed by atoms with van der Waals surface area (Å²) in [4.78, 5) is 18.6. The topological polar surface area (TPSA) is 66.9 Å². The number of thioether (sulfide) groups is 1. The second kappa shape index (κ2) is 9.91. The summed E-state index contributed by atoms with van der Waals surface area (Å²) in [5, 5.41) is 1.36. The molecule has 0 aromatic heterocycles. The van der Waals surface area contributed by atoms with Crippen LogP contribution in [0.1, 0.15) is 18.4 Å². The summed E-state index contributed by atoms with van der Waals surface area (Å²) in [5.74, 6) is -0.784. The van der Waals surface area contributed by atoms with Crippen LogP contribution in [0.15, 0.2) is 59.5 Å². The molecule has 1 fully saturated rings. The highest BCUT2D eigenvalue weighted by molar-refractivity contribution is 8.22. The zero-order valence-corrected chi connectivity index (χ0v) is 19.3. The van der Waals surface area contributed by atoms with Gasteiger partial charge in [-0.15, -0.1) is 0 Å². The van der Waals surface area contributed by atoms with Gasteiger partial charge in [0.1, 0.15) is 0 Å². The zero-order valence-electron chi connectivity index (χ0n) is 16.9. The molecule has 0 spiro atoms. The van der Waals surface area contributed by atoms with Crippen LogP contribution in [0.2, 0.25) is 0 Å². The van der Waals surface area contributed by atoms with Crippen LogP contribution in [0.5, 0.6) is 0 Å². The Balaban J connectivity index is 1.64. The van der Waals surface area contributed by atoms with E-state index in [1.807, 2.05) is 43.5 Å². The predicted molar refractivity (Wildman–Crippen MR) is 124 cm³/mol. The average molecular weight is 465 g/mol. The maximum absolute atomic E-state index is 12.8. The summed E-state index contributed by atoms with van der Waals surface area (Å²) in [6.07, 6.45) is 2.62. The number of carbonyl (C=O) groups excluding carboxylic acids is 1. The Morgan fingerprint density at radius 3 is 2.27 bits per heavy atom. The fraction of sp³-hybridized carbons (Fsp3) is 0.333. The standard InChI is InChI=1S/C21H24N2O4S3/c1-16-8-10-19(11-9-16)30(25,26)22-14-12-17(13-15-22)20(24)27-23(21(28)29-2)18-6-4-3-5-7-18/h3-11,17H,12-15H2,1-2H3. The number of nitrogens with zero attached hydrogens (tertiary/aromatic N) is 2. The third-order valence-corrected chi connectivity index (χ3v) is 8.05. The number of rotatable bonds is 4. The minimum atomic E-state index is -3.56. The molecular weight excluding hydrogens is 440 g/mol. The number of piperidine rings is 1. The van der Waals surface area contributed by atoms with Gasteiger partial charge in [-0.1, -0.05) is 47.7 Å². The van der Waals surface area contributed by atoms with Gasteiger partial charge < -0.3 is 4.84 Å². The minimum Gasteiger partial charge on any atom is -0.334 e. The summed E-state index contributed by atoms with van der Waals surface area (Å²) in [6, 6.07) is 16.0. The van der Waals surface area contributed by atoms with Gasteiger partial charge in [0.2, 0.25) is 10.0 Å². The fourth-order valence-electron chi connectivity index (χ4n) is 3.20. The van der Waals surface area contributed by atoms with Crippen LogP contribution in [-0.4, -0.2) is 42.4 Å². The van der Waals surface area contributed by atoms with E-state index in [-0.39, 0.29) is 23.9 Å². The maximum atomic E-state index is 12.8. The van der Waals surface area contributed by atoms with Crippen LogP contribution in [0.4, 0.5) is 5.69 Å². The molecule has 6 nitrogen and oxygen atoms in total. The van der Waals surface area contributed by atoms with Gasteiger partial charge in [0, 0.05) is 13.1 Å². The van der Waals surface area contributed by atoms with E-state index < -0.39 is 16.0 Å². The quantitative estimate of drug-likeness (QED) is 0.500. The molecule has 1 heterocycles. The molecule has 30 heavy (non-hydrogen) atoms. The summed E-state index contributed by atoms with van der Waals surface area (Å²) < 4.78 is 27.6. The Morgan fingerprint density at radius 2 is 1.70 bits per heavy atom. The smallest absolute Gasteiger partial charge is 0.334 e. The van der Waals surface area contributed by atoms with Crippen LogP contribution in [0, 0.1) is 12.8 Å². The van der Waals surface area contributed by atoms with Crippen molar-refractivity contribution in [2.24, 2.45) is 5.92 Å². The molecule has 0 unspecified atom stereocenters. The van der Waals surface area contributed by atoms with E-state index in [2.05, 4.69) is 0 Å². The third-order valence-electron chi connectivity index (χ3n) is 4.96. The SMILES string of the molecule is CSC(=S)N(OC(=O)C1CCN(S(=O)(=O)c2ccc(C)cc2)CC1)c1ccccc1. The normalized spacial score (nSPS) is 15.5. The van der Waals surface area contributed by atoms with E-state index >= 15 is 0 Å². The number of hydrogen-bond acceptors (Lipinski definition) is 6.